The van der Waals surface area contributed by atoms with Gasteiger partial charge in [-0.3, -0.25) is 4.68 Å². The molecule has 0 aliphatic rings. The van der Waals surface area contributed by atoms with Gasteiger partial charge >= 0.3 is 0 Å². The highest BCUT2D eigenvalue weighted by molar-refractivity contribution is 5.62. The lowest BCUT2D eigenvalue weighted by Gasteiger charge is -2.06. The molecule has 1 N–H and O–H groups in total. The van der Waals surface area contributed by atoms with Crippen LogP contribution in [0.1, 0.15) is 5.69 Å². The summed E-state index contributed by atoms with van der Waals surface area (Å²) in [5.74, 6) is 0.771. The number of methoxy groups -OCH3 is 1. The first-order valence-electron chi connectivity index (χ1n) is 5.51. The van der Waals surface area contributed by atoms with Crippen molar-refractivity contribution in [3.63, 3.8) is 0 Å². The summed E-state index contributed by atoms with van der Waals surface area (Å²) >= 11 is 0. The van der Waals surface area contributed by atoms with Gasteiger partial charge in [0.1, 0.15) is 11.8 Å². The Hall–Kier alpha value is -2.32. The molecular weight excluding hydrogens is 230 g/mol. The van der Waals surface area contributed by atoms with E-state index in [1.807, 2.05) is 30.3 Å². The van der Waals surface area contributed by atoms with Gasteiger partial charge in [-0.2, -0.15) is 10.4 Å². The zero-order valence-corrected chi connectivity index (χ0v) is 10.00. The van der Waals surface area contributed by atoms with Gasteiger partial charge in [-0.25, -0.2) is 0 Å². The number of hydrogen-bond acceptors (Lipinski definition) is 4. The quantitative estimate of drug-likeness (QED) is 0.881. The molecule has 5 nitrogen and oxygen atoms in total. The maximum absolute atomic E-state index is 8.99. The Kier molecular flexibility index (Phi) is 3.60. The van der Waals surface area contributed by atoms with E-state index in [0.29, 0.717) is 12.2 Å². The van der Waals surface area contributed by atoms with E-state index in [9.17, 15) is 0 Å². The van der Waals surface area contributed by atoms with Crippen LogP contribution in [0.15, 0.2) is 30.3 Å². The van der Waals surface area contributed by atoms with E-state index < -0.39 is 0 Å². The maximum Gasteiger partial charge on any atom is 0.163 e. The molecule has 0 unspecified atom stereocenters. The van der Waals surface area contributed by atoms with Crippen LogP contribution < -0.4 is 4.74 Å². The second-order valence-electron chi connectivity index (χ2n) is 3.70. The van der Waals surface area contributed by atoms with Crippen molar-refractivity contribution in [1.29, 1.82) is 5.26 Å². The minimum absolute atomic E-state index is 0.0182. The van der Waals surface area contributed by atoms with E-state index in [-0.39, 0.29) is 6.61 Å². The molecule has 0 saturated carbocycles. The Morgan fingerprint density at radius 2 is 2.11 bits per heavy atom. The molecule has 0 radical (unpaired) electrons. The summed E-state index contributed by atoms with van der Waals surface area (Å²) in [7, 11) is 1.61. The summed E-state index contributed by atoms with van der Waals surface area (Å²) in [5, 5.41) is 22.0. The minimum atomic E-state index is -0.0182. The van der Waals surface area contributed by atoms with Crippen LogP contribution in [0.25, 0.3) is 11.3 Å². The Morgan fingerprint density at radius 1 is 1.39 bits per heavy atom. The van der Waals surface area contributed by atoms with Crippen LogP contribution in [0.2, 0.25) is 0 Å². The summed E-state index contributed by atoms with van der Waals surface area (Å²) in [5.41, 5.74) is 2.08. The SMILES string of the molecule is COc1ccc(-c2cc(C#N)nn2CCO)cc1. The molecule has 2 rings (SSSR count). The summed E-state index contributed by atoms with van der Waals surface area (Å²) in [6.45, 7) is 0.346. The molecule has 2 aromatic rings. The predicted octanol–water partition coefficient (Wildman–Crippen LogP) is 1.42. The van der Waals surface area contributed by atoms with Crippen LogP contribution in [0.4, 0.5) is 0 Å². The van der Waals surface area contributed by atoms with Gasteiger partial charge in [0.2, 0.25) is 0 Å². The number of nitrogens with zero attached hydrogens (tertiary/aromatic N) is 3. The molecular formula is C13H13N3O2. The Balaban J connectivity index is 2.41. The molecule has 92 valence electrons. The number of hydrogen-bond donors (Lipinski definition) is 1. The third-order valence-electron chi connectivity index (χ3n) is 2.59. The molecule has 0 atom stereocenters. The molecule has 1 aromatic carbocycles. The van der Waals surface area contributed by atoms with Crippen LogP contribution in [0, 0.1) is 11.3 Å². The van der Waals surface area contributed by atoms with E-state index in [1.54, 1.807) is 17.9 Å². The lowest BCUT2D eigenvalue weighted by Crippen LogP contribution is -2.05. The van der Waals surface area contributed by atoms with Crippen molar-refractivity contribution in [3.05, 3.63) is 36.0 Å². The number of rotatable bonds is 4. The van der Waals surface area contributed by atoms with Gasteiger partial charge in [0, 0.05) is 11.6 Å². The standard InChI is InChI=1S/C13H13N3O2/c1-18-12-4-2-10(3-5-12)13-8-11(9-14)15-16(13)6-7-17/h2-5,8,17H,6-7H2,1H3. The molecule has 0 fully saturated rings. The zero-order chi connectivity index (χ0) is 13.0. The Labute approximate surface area is 105 Å². The van der Waals surface area contributed by atoms with Gasteiger partial charge in [0.15, 0.2) is 5.69 Å². The molecule has 5 heteroatoms. The first-order valence-corrected chi connectivity index (χ1v) is 5.51. The van der Waals surface area contributed by atoms with Crippen molar-refractivity contribution in [2.45, 2.75) is 6.54 Å². The summed E-state index contributed by atoms with van der Waals surface area (Å²) < 4.78 is 6.72. The van der Waals surface area contributed by atoms with Crippen molar-refractivity contribution in [2.75, 3.05) is 13.7 Å². The van der Waals surface area contributed by atoms with Crippen LogP contribution in [-0.4, -0.2) is 28.6 Å². The lowest BCUT2D eigenvalue weighted by atomic mass is 10.1. The number of ether oxygens (including phenoxy) is 1. The predicted molar refractivity (Wildman–Crippen MR) is 66.0 cm³/mol. The minimum Gasteiger partial charge on any atom is -0.497 e. The fourth-order valence-electron chi connectivity index (χ4n) is 1.73. The number of aliphatic hydroxyl groups is 1. The molecule has 0 saturated heterocycles. The van der Waals surface area contributed by atoms with Crippen LogP contribution in [0.3, 0.4) is 0 Å². The maximum atomic E-state index is 8.99. The van der Waals surface area contributed by atoms with Gasteiger partial charge < -0.3 is 9.84 Å². The molecule has 1 aromatic heterocycles. The third kappa shape index (κ3) is 2.34. The van der Waals surface area contributed by atoms with Crippen molar-refractivity contribution >= 4 is 0 Å². The van der Waals surface area contributed by atoms with E-state index >= 15 is 0 Å². The summed E-state index contributed by atoms with van der Waals surface area (Å²) in [6, 6.07) is 11.2. The molecule has 0 amide bonds. The Bertz CT molecular complexity index is 567. The number of nitriles is 1. The fourth-order valence-corrected chi connectivity index (χ4v) is 1.73. The highest BCUT2D eigenvalue weighted by Gasteiger charge is 2.09. The smallest absolute Gasteiger partial charge is 0.163 e. The van der Waals surface area contributed by atoms with E-state index in [4.69, 9.17) is 15.1 Å². The fraction of sp³-hybridized carbons (Fsp3) is 0.231. The molecule has 1 heterocycles. The van der Waals surface area contributed by atoms with Crippen molar-refractivity contribution in [1.82, 2.24) is 9.78 Å². The second kappa shape index (κ2) is 5.34. The second-order valence-corrected chi connectivity index (χ2v) is 3.70. The first-order chi connectivity index (χ1) is 8.78. The third-order valence-corrected chi connectivity index (χ3v) is 2.59. The largest absolute Gasteiger partial charge is 0.497 e. The molecule has 0 aliphatic heterocycles. The van der Waals surface area contributed by atoms with Gasteiger partial charge in [-0.1, -0.05) is 0 Å². The van der Waals surface area contributed by atoms with Crippen molar-refractivity contribution in [2.24, 2.45) is 0 Å². The van der Waals surface area contributed by atoms with Crippen LogP contribution in [0.5, 0.6) is 5.75 Å². The topological polar surface area (TPSA) is 71.1 Å². The van der Waals surface area contributed by atoms with E-state index in [2.05, 4.69) is 5.10 Å². The molecule has 0 spiro atoms. The number of benzene rings is 1. The van der Waals surface area contributed by atoms with E-state index in [1.165, 1.54) is 0 Å². The molecule has 0 bridgehead atoms. The van der Waals surface area contributed by atoms with E-state index in [0.717, 1.165) is 17.0 Å². The molecule has 18 heavy (non-hydrogen) atoms. The van der Waals surface area contributed by atoms with Gasteiger partial charge in [0.25, 0.3) is 0 Å². The normalized spacial score (nSPS) is 10.1. The number of aliphatic hydroxyl groups excluding tert-OH is 1. The van der Waals surface area contributed by atoms with Gasteiger partial charge in [0.05, 0.1) is 26.0 Å². The average Bonchev–Trinajstić information content (AvgIpc) is 2.82. The highest BCUT2D eigenvalue weighted by Crippen LogP contribution is 2.23. The summed E-state index contributed by atoms with van der Waals surface area (Å²) in [6.07, 6.45) is 0. The average molecular weight is 243 g/mol. The first kappa shape index (κ1) is 12.1. The zero-order valence-electron chi connectivity index (χ0n) is 10.00. The number of aromatic nitrogens is 2. The monoisotopic (exact) mass is 243 g/mol. The van der Waals surface area contributed by atoms with Gasteiger partial charge in [-0.05, 0) is 24.3 Å². The van der Waals surface area contributed by atoms with Crippen LogP contribution >= 0.6 is 0 Å². The highest BCUT2D eigenvalue weighted by atomic mass is 16.5. The Morgan fingerprint density at radius 3 is 2.67 bits per heavy atom. The van der Waals surface area contributed by atoms with Crippen LogP contribution in [-0.2, 0) is 6.54 Å². The van der Waals surface area contributed by atoms with Crippen molar-refractivity contribution in [3.8, 4) is 23.1 Å². The van der Waals surface area contributed by atoms with Gasteiger partial charge in [-0.15, -0.1) is 0 Å². The van der Waals surface area contributed by atoms with Crippen molar-refractivity contribution < 1.29 is 9.84 Å². The molecule has 0 aliphatic carbocycles. The lowest BCUT2D eigenvalue weighted by molar-refractivity contribution is 0.270. The summed E-state index contributed by atoms with van der Waals surface area (Å²) in [4.78, 5) is 0.